The maximum atomic E-state index is 8.65. The lowest BCUT2D eigenvalue weighted by atomic mass is 10.0. The molecule has 2 rings (SSSR count). The molecular weight excluding hydrogens is 353 g/mol. The molecule has 0 saturated carbocycles. The number of piperazine rings is 1. The third-order valence-corrected chi connectivity index (χ3v) is 5.21. The van der Waals surface area contributed by atoms with Gasteiger partial charge in [0.2, 0.25) is 0 Å². The Hall–Kier alpha value is -0.820. The third kappa shape index (κ3) is 3.39. The summed E-state index contributed by atoms with van der Waals surface area (Å²) >= 11 is 2.34. The summed E-state index contributed by atoms with van der Waals surface area (Å²) in [5.41, 5.74) is 13.0. The van der Waals surface area contributed by atoms with Gasteiger partial charge in [0.25, 0.3) is 0 Å². The molecule has 1 heterocycles. The van der Waals surface area contributed by atoms with Gasteiger partial charge in [-0.25, -0.2) is 0 Å². The van der Waals surface area contributed by atoms with Gasteiger partial charge >= 0.3 is 0 Å². The predicted octanol–water partition coefficient (Wildman–Crippen LogP) is 3.26. The summed E-state index contributed by atoms with van der Waals surface area (Å²) in [6.07, 6.45) is 0. The first-order valence-electron chi connectivity index (χ1n) is 6.40. The molecule has 1 fully saturated rings. The van der Waals surface area contributed by atoms with Gasteiger partial charge < -0.3 is 5.32 Å². The van der Waals surface area contributed by atoms with Gasteiger partial charge in [0.1, 0.15) is 0 Å². The molecule has 5 nitrogen and oxygen atoms in total. The summed E-state index contributed by atoms with van der Waals surface area (Å²) in [6, 6.07) is 2.04. The molecule has 0 amide bonds. The van der Waals surface area contributed by atoms with Gasteiger partial charge in [0, 0.05) is 46.9 Å². The lowest BCUT2D eigenvalue weighted by molar-refractivity contribution is 0.233. The van der Waals surface area contributed by atoms with E-state index in [1.54, 1.807) is 0 Å². The Morgan fingerprint density at radius 3 is 2.68 bits per heavy atom. The Morgan fingerprint density at radius 2 is 2.05 bits per heavy atom. The molecule has 0 atom stereocenters. The van der Waals surface area contributed by atoms with Crippen LogP contribution in [0.5, 0.6) is 0 Å². The molecule has 1 aromatic carbocycles. The van der Waals surface area contributed by atoms with Crippen molar-refractivity contribution in [1.82, 2.24) is 10.2 Å². The summed E-state index contributed by atoms with van der Waals surface area (Å²) in [6.45, 7) is 9.31. The Morgan fingerprint density at radius 1 is 1.37 bits per heavy atom. The fourth-order valence-corrected chi connectivity index (χ4v) is 2.97. The summed E-state index contributed by atoms with van der Waals surface area (Å²) in [4.78, 5) is 5.36. The van der Waals surface area contributed by atoms with Crippen LogP contribution in [0.3, 0.4) is 0 Å². The van der Waals surface area contributed by atoms with E-state index < -0.39 is 0 Å². The van der Waals surface area contributed by atoms with E-state index in [1.807, 2.05) is 13.0 Å². The minimum Gasteiger partial charge on any atom is -0.314 e. The first-order chi connectivity index (χ1) is 9.13. The number of nitrogens with zero attached hydrogens (tertiary/aromatic N) is 4. The van der Waals surface area contributed by atoms with E-state index in [9.17, 15) is 0 Å². The summed E-state index contributed by atoms with van der Waals surface area (Å²) < 4.78 is 1.20. The van der Waals surface area contributed by atoms with E-state index in [2.05, 4.69) is 49.8 Å². The van der Waals surface area contributed by atoms with E-state index in [1.165, 1.54) is 14.7 Å². The SMILES string of the molecule is Cc1c(CN2CCNCC2)cc(N=[N+]=[N-])c(C)c1I. The molecule has 102 valence electrons. The van der Waals surface area contributed by atoms with Crippen LogP contribution in [0.15, 0.2) is 11.2 Å². The van der Waals surface area contributed by atoms with Gasteiger partial charge in [-0.15, -0.1) is 0 Å². The molecule has 6 heteroatoms. The van der Waals surface area contributed by atoms with E-state index in [0.717, 1.165) is 44.0 Å². The van der Waals surface area contributed by atoms with E-state index in [-0.39, 0.29) is 0 Å². The minimum atomic E-state index is 0.752. The summed E-state index contributed by atoms with van der Waals surface area (Å²) in [5, 5.41) is 7.16. The zero-order chi connectivity index (χ0) is 13.8. The predicted molar refractivity (Wildman–Crippen MR) is 85.6 cm³/mol. The average molecular weight is 371 g/mol. The monoisotopic (exact) mass is 371 g/mol. The zero-order valence-electron chi connectivity index (χ0n) is 11.3. The first-order valence-corrected chi connectivity index (χ1v) is 7.48. The zero-order valence-corrected chi connectivity index (χ0v) is 13.4. The molecule has 0 spiro atoms. The standard InChI is InChI=1S/C13H18IN5/c1-9-11(8-19-5-3-16-4-6-19)7-12(17-18-15)10(2)13(9)14/h7,16H,3-6,8H2,1-2H3. The molecule has 1 saturated heterocycles. The minimum absolute atomic E-state index is 0.752. The summed E-state index contributed by atoms with van der Waals surface area (Å²) in [7, 11) is 0. The van der Waals surface area contributed by atoms with Crippen LogP contribution < -0.4 is 5.32 Å². The molecule has 19 heavy (non-hydrogen) atoms. The Labute approximate surface area is 127 Å². The van der Waals surface area contributed by atoms with E-state index >= 15 is 0 Å². The van der Waals surface area contributed by atoms with Crippen LogP contribution in [0, 0.1) is 17.4 Å². The van der Waals surface area contributed by atoms with E-state index in [4.69, 9.17) is 5.53 Å². The number of nitrogens with one attached hydrogen (secondary N) is 1. The first kappa shape index (κ1) is 14.6. The molecule has 1 aliphatic rings. The fraction of sp³-hybridized carbons (Fsp3) is 0.538. The van der Waals surface area contributed by atoms with E-state index in [0.29, 0.717) is 0 Å². The third-order valence-electron chi connectivity index (χ3n) is 3.59. The second kappa shape index (κ2) is 6.56. The van der Waals surface area contributed by atoms with Crippen molar-refractivity contribution >= 4 is 28.3 Å². The highest BCUT2D eigenvalue weighted by molar-refractivity contribution is 14.1. The molecule has 1 aromatic rings. The van der Waals surface area contributed by atoms with Gasteiger partial charge in [-0.2, -0.15) is 0 Å². The van der Waals surface area contributed by atoms with Crippen LogP contribution in [0.2, 0.25) is 0 Å². The molecule has 0 unspecified atom stereocenters. The van der Waals surface area contributed by atoms with Gasteiger partial charge in [0.05, 0.1) is 0 Å². The van der Waals surface area contributed by atoms with Crippen molar-refractivity contribution in [2.75, 3.05) is 26.2 Å². The molecular formula is C13H18IN5. The highest BCUT2D eigenvalue weighted by atomic mass is 127. The lowest BCUT2D eigenvalue weighted by Crippen LogP contribution is -2.43. The van der Waals surface area contributed by atoms with Crippen molar-refractivity contribution in [3.8, 4) is 0 Å². The van der Waals surface area contributed by atoms with Crippen molar-refractivity contribution in [1.29, 1.82) is 0 Å². The van der Waals surface area contributed by atoms with Crippen LogP contribution in [0.4, 0.5) is 5.69 Å². The van der Waals surface area contributed by atoms with Crippen LogP contribution in [-0.2, 0) is 6.54 Å². The van der Waals surface area contributed by atoms with Gasteiger partial charge in [-0.3, -0.25) is 4.90 Å². The highest BCUT2D eigenvalue weighted by Crippen LogP contribution is 2.30. The molecule has 0 bridgehead atoms. The number of halogens is 1. The molecule has 0 radical (unpaired) electrons. The maximum Gasteiger partial charge on any atom is 0.0418 e. The van der Waals surface area contributed by atoms with Crippen LogP contribution in [-0.4, -0.2) is 31.1 Å². The second-order valence-corrected chi connectivity index (χ2v) is 5.91. The largest absolute Gasteiger partial charge is 0.314 e. The molecule has 0 aromatic heterocycles. The number of hydrogen-bond donors (Lipinski definition) is 1. The molecule has 0 aliphatic carbocycles. The quantitative estimate of drug-likeness (QED) is 0.384. The Balaban J connectivity index is 2.30. The van der Waals surface area contributed by atoms with Crippen LogP contribution in [0.1, 0.15) is 16.7 Å². The number of hydrogen-bond acceptors (Lipinski definition) is 3. The highest BCUT2D eigenvalue weighted by Gasteiger charge is 2.14. The number of rotatable bonds is 3. The smallest absolute Gasteiger partial charge is 0.0418 e. The Kier molecular flexibility index (Phi) is 5.04. The van der Waals surface area contributed by atoms with Crippen LogP contribution in [0.25, 0.3) is 10.4 Å². The van der Waals surface area contributed by atoms with Crippen molar-refractivity contribution < 1.29 is 0 Å². The van der Waals surface area contributed by atoms with Crippen molar-refractivity contribution in [3.63, 3.8) is 0 Å². The Bertz CT molecular complexity index is 516. The summed E-state index contributed by atoms with van der Waals surface area (Å²) in [5.74, 6) is 0. The van der Waals surface area contributed by atoms with Gasteiger partial charge in [-0.1, -0.05) is 5.11 Å². The average Bonchev–Trinajstić information content (AvgIpc) is 2.43. The van der Waals surface area contributed by atoms with Crippen LogP contribution >= 0.6 is 22.6 Å². The van der Waals surface area contributed by atoms with Crippen molar-refractivity contribution in [3.05, 3.63) is 36.8 Å². The molecule has 1 N–H and O–H groups in total. The number of benzene rings is 1. The second-order valence-electron chi connectivity index (χ2n) is 4.83. The van der Waals surface area contributed by atoms with Gasteiger partial charge in [0.15, 0.2) is 0 Å². The maximum absolute atomic E-state index is 8.65. The topological polar surface area (TPSA) is 64.0 Å². The van der Waals surface area contributed by atoms with Gasteiger partial charge in [-0.05, 0) is 64.7 Å². The lowest BCUT2D eigenvalue weighted by Gasteiger charge is -2.28. The molecule has 1 aliphatic heterocycles. The van der Waals surface area contributed by atoms with Crippen molar-refractivity contribution in [2.45, 2.75) is 20.4 Å². The fourth-order valence-electron chi connectivity index (χ4n) is 2.34. The normalized spacial score (nSPS) is 16.2. The van der Waals surface area contributed by atoms with Crippen molar-refractivity contribution in [2.24, 2.45) is 5.11 Å². The number of azide groups is 1.